The van der Waals surface area contributed by atoms with Gasteiger partial charge in [-0.3, -0.25) is 4.79 Å². The highest BCUT2D eigenvalue weighted by atomic mass is 35.5. The van der Waals surface area contributed by atoms with E-state index in [2.05, 4.69) is 29.4 Å². The van der Waals surface area contributed by atoms with E-state index in [1.807, 2.05) is 0 Å². The fourth-order valence-electron chi connectivity index (χ4n) is 2.26. The Kier molecular flexibility index (Phi) is 6.92. The molecule has 1 heterocycles. The van der Waals surface area contributed by atoms with Crippen molar-refractivity contribution in [1.82, 2.24) is 10.2 Å². The maximum Gasteiger partial charge on any atom is 0.227 e. The molecule has 2 rings (SSSR count). The quantitative estimate of drug-likeness (QED) is 0.724. The summed E-state index contributed by atoms with van der Waals surface area (Å²) >= 11 is 7.09. The number of anilines is 1. The standard InChI is InChI=1S/C16H20ClN3O3S2/c1-3-11(4-2)15-19-20-16(24-15)18-14(21)9-10-25(22,23)13-7-5-12(17)6-8-13/h5-8,11H,3-4,9-10H2,1-2H3,(H,18,20,21). The number of hydrogen-bond acceptors (Lipinski definition) is 6. The molecular formula is C16H20ClN3O3S2. The van der Waals surface area contributed by atoms with Crippen molar-refractivity contribution >= 4 is 43.8 Å². The fourth-order valence-corrected chi connectivity index (χ4v) is 4.65. The number of hydrogen-bond donors (Lipinski definition) is 1. The summed E-state index contributed by atoms with van der Waals surface area (Å²) in [6, 6.07) is 5.88. The Morgan fingerprint density at radius 3 is 2.44 bits per heavy atom. The zero-order valence-corrected chi connectivity index (χ0v) is 16.4. The van der Waals surface area contributed by atoms with E-state index in [-0.39, 0.29) is 17.1 Å². The van der Waals surface area contributed by atoms with Crippen molar-refractivity contribution in [3.63, 3.8) is 0 Å². The van der Waals surface area contributed by atoms with Gasteiger partial charge in [-0.25, -0.2) is 8.42 Å². The number of nitrogens with one attached hydrogen (secondary N) is 1. The average Bonchev–Trinajstić information content (AvgIpc) is 3.03. The molecule has 1 aromatic heterocycles. The summed E-state index contributed by atoms with van der Waals surface area (Å²) < 4.78 is 24.4. The van der Waals surface area contributed by atoms with Crippen molar-refractivity contribution in [3.05, 3.63) is 34.3 Å². The van der Waals surface area contributed by atoms with Crippen molar-refractivity contribution in [2.75, 3.05) is 11.1 Å². The van der Waals surface area contributed by atoms with Crippen LogP contribution in [0.5, 0.6) is 0 Å². The lowest BCUT2D eigenvalue weighted by Gasteiger charge is -2.06. The number of nitrogens with zero attached hydrogens (tertiary/aromatic N) is 2. The lowest BCUT2D eigenvalue weighted by atomic mass is 10.1. The van der Waals surface area contributed by atoms with Crippen LogP contribution in [-0.4, -0.2) is 30.3 Å². The first kappa shape index (κ1) is 19.8. The molecule has 0 saturated carbocycles. The van der Waals surface area contributed by atoms with E-state index in [9.17, 15) is 13.2 Å². The summed E-state index contributed by atoms with van der Waals surface area (Å²) in [5, 5.41) is 12.4. The average molecular weight is 402 g/mol. The minimum absolute atomic E-state index is 0.148. The molecule has 6 nitrogen and oxygen atoms in total. The zero-order valence-electron chi connectivity index (χ0n) is 14.0. The Bertz CT molecular complexity index is 815. The van der Waals surface area contributed by atoms with Gasteiger partial charge in [0.25, 0.3) is 0 Å². The molecule has 0 aliphatic heterocycles. The summed E-state index contributed by atoms with van der Waals surface area (Å²) in [6.45, 7) is 4.16. The normalized spacial score (nSPS) is 11.7. The molecule has 1 N–H and O–H groups in total. The third-order valence-electron chi connectivity index (χ3n) is 3.79. The fraction of sp³-hybridized carbons (Fsp3) is 0.438. The summed E-state index contributed by atoms with van der Waals surface area (Å²) in [5.74, 6) is -0.350. The molecule has 0 saturated heterocycles. The van der Waals surface area contributed by atoms with Crippen LogP contribution in [0.25, 0.3) is 0 Å². The molecule has 0 fully saturated rings. The summed E-state index contributed by atoms with van der Waals surface area (Å²) in [7, 11) is -3.53. The van der Waals surface area contributed by atoms with Gasteiger partial charge in [0.1, 0.15) is 5.01 Å². The molecule has 1 aromatic carbocycles. The van der Waals surface area contributed by atoms with Crippen LogP contribution in [0.4, 0.5) is 5.13 Å². The van der Waals surface area contributed by atoms with E-state index in [1.165, 1.54) is 35.6 Å². The summed E-state index contributed by atoms with van der Waals surface area (Å²) in [5.41, 5.74) is 0. The molecule has 0 unspecified atom stereocenters. The minimum Gasteiger partial charge on any atom is -0.301 e. The van der Waals surface area contributed by atoms with E-state index in [0.29, 0.717) is 16.1 Å². The number of amides is 1. The van der Waals surface area contributed by atoms with Crippen LogP contribution in [0.3, 0.4) is 0 Å². The smallest absolute Gasteiger partial charge is 0.227 e. The first-order valence-electron chi connectivity index (χ1n) is 7.97. The molecule has 136 valence electrons. The van der Waals surface area contributed by atoms with Gasteiger partial charge < -0.3 is 5.32 Å². The van der Waals surface area contributed by atoms with Crippen molar-refractivity contribution in [1.29, 1.82) is 0 Å². The molecule has 0 atom stereocenters. The van der Waals surface area contributed by atoms with Crippen LogP contribution in [0.1, 0.15) is 44.0 Å². The lowest BCUT2D eigenvalue weighted by molar-refractivity contribution is -0.115. The van der Waals surface area contributed by atoms with Crippen LogP contribution < -0.4 is 5.32 Å². The second-order valence-electron chi connectivity index (χ2n) is 5.53. The lowest BCUT2D eigenvalue weighted by Crippen LogP contribution is -2.17. The molecule has 2 aromatic rings. The number of halogens is 1. The topological polar surface area (TPSA) is 89.0 Å². The number of rotatable bonds is 8. The Morgan fingerprint density at radius 1 is 1.20 bits per heavy atom. The summed E-state index contributed by atoms with van der Waals surface area (Å²) in [4.78, 5) is 12.2. The third-order valence-corrected chi connectivity index (χ3v) is 6.78. The highest BCUT2D eigenvalue weighted by Gasteiger charge is 2.18. The van der Waals surface area contributed by atoms with Crippen molar-refractivity contribution in [2.24, 2.45) is 0 Å². The maximum absolute atomic E-state index is 12.2. The van der Waals surface area contributed by atoms with Crippen molar-refractivity contribution in [3.8, 4) is 0 Å². The SMILES string of the molecule is CCC(CC)c1nnc(NC(=O)CCS(=O)(=O)c2ccc(Cl)cc2)s1. The van der Waals surface area contributed by atoms with E-state index in [4.69, 9.17) is 11.6 Å². The van der Waals surface area contributed by atoms with Gasteiger partial charge in [0, 0.05) is 17.4 Å². The first-order chi connectivity index (χ1) is 11.9. The predicted octanol–water partition coefficient (Wildman–Crippen LogP) is 3.90. The molecule has 0 aliphatic rings. The van der Waals surface area contributed by atoms with Gasteiger partial charge in [0.05, 0.1) is 10.6 Å². The van der Waals surface area contributed by atoms with Gasteiger partial charge in [-0.2, -0.15) is 0 Å². The highest BCUT2D eigenvalue weighted by Crippen LogP contribution is 2.28. The molecule has 0 bridgehead atoms. The largest absolute Gasteiger partial charge is 0.301 e. The minimum atomic E-state index is -3.53. The molecule has 1 amide bonds. The Hall–Kier alpha value is -1.51. The van der Waals surface area contributed by atoms with E-state index in [0.717, 1.165) is 17.8 Å². The Balaban J connectivity index is 1.93. The Labute approximate surface area is 156 Å². The van der Waals surface area contributed by atoms with Crippen molar-refractivity contribution < 1.29 is 13.2 Å². The molecular weight excluding hydrogens is 382 g/mol. The maximum atomic E-state index is 12.2. The molecule has 0 radical (unpaired) electrons. The molecule has 25 heavy (non-hydrogen) atoms. The van der Waals surface area contributed by atoms with Gasteiger partial charge in [0.15, 0.2) is 9.84 Å². The van der Waals surface area contributed by atoms with Gasteiger partial charge in [0.2, 0.25) is 11.0 Å². The van der Waals surface area contributed by atoms with Crippen LogP contribution in [0, 0.1) is 0 Å². The van der Waals surface area contributed by atoms with Gasteiger partial charge in [-0.05, 0) is 37.1 Å². The summed E-state index contributed by atoms with van der Waals surface area (Å²) in [6.07, 6.45) is 1.77. The van der Waals surface area contributed by atoms with Crippen LogP contribution in [-0.2, 0) is 14.6 Å². The van der Waals surface area contributed by atoms with Gasteiger partial charge >= 0.3 is 0 Å². The number of carbonyl (C=O) groups is 1. The van der Waals surface area contributed by atoms with Crippen molar-refractivity contribution in [2.45, 2.75) is 43.9 Å². The number of carbonyl (C=O) groups excluding carboxylic acids is 1. The number of sulfone groups is 1. The van der Waals surface area contributed by atoms with Crippen LogP contribution in [0.2, 0.25) is 5.02 Å². The third kappa shape index (κ3) is 5.49. The highest BCUT2D eigenvalue weighted by molar-refractivity contribution is 7.91. The van der Waals surface area contributed by atoms with E-state index in [1.54, 1.807) is 0 Å². The Morgan fingerprint density at radius 2 is 1.84 bits per heavy atom. The second-order valence-corrected chi connectivity index (χ2v) is 9.08. The predicted molar refractivity (Wildman–Crippen MR) is 100.0 cm³/mol. The van der Waals surface area contributed by atoms with E-state index >= 15 is 0 Å². The number of benzene rings is 1. The van der Waals surface area contributed by atoms with Crippen LogP contribution >= 0.6 is 22.9 Å². The van der Waals surface area contributed by atoms with Gasteiger partial charge in [-0.15, -0.1) is 10.2 Å². The molecule has 0 spiro atoms. The monoisotopic (exact) mass is 401 g/mol. The second kappa shape index (κ2) is 8.73. The van der Waals surface area contributed by atoms with E-state index < -0.39 is 15.7 Å². The van der Waals surface area contributed by atoms with Gasteiger partial charge in [-0.1, -0.05) is 36.8 Å². The molecule has 0 aliphatic carbocycles. The molecule has 9 heteroatoms. The van der Waals surface area contributed by atoms with Crippen LogP contribution in [0.15, 0.2) is 29.2 Å². The number of aromatic nitrogens is 2. The zero-order chi connectivity index (χ0) is 18.4. The first-order valence-corrected chi connectivity index (χ1v) is 10.8.